The van der Waals surface area contributed by atoms with Crippen LogP contribution >= 0.6 is 0 Å². The lowest BCUT2D eigenvalue weighted by atomic mass is 9.97. The number of hydrogen-bond acceptors (Lipinski definition) is 2. The van der Waals surface area contributed by atoms with Gasteiger partial charge in [-0.25, -0.2) is 0 Å². The van der Waals surface area contributed by atoms with Crippen molar-refractivity contribution in [3.05, 3.63) is 60.2 Å². The van der Waals surface area contributed by atoms with E-state index in [1.54, 1.807) is 0 Å². The molecule has 0 atom stereocenters. The number of nitrogens with zero attached hydrogens (tertiary/aromatic N) is 2. The molecule has 0 amide bonds. The predicted molar refractivity (Wildman–Crippen MR) is 99.1 cm³/mol. The van der Waals surface area contributed by atoms with Crippen molar-refractivity contribution in [2.24, 2.45) is 5.10 Å². The zero-order valence-electron chi connectivity index (χ0n) is 13.4. The molecule has 1 aliphatic heterocycles. The van der Waals surface area contributed by atoms with E-state index in [0.29, 0.717) is 0 Å². The molecule has 4 rings (SSSR count). The van der Waals surface area contributed by atoms with E-state index in [0.717, 1.165) is 13.1 Å². The highest BCUT2D eigenvalue weighted by Gasteiger charge is 2.08. The number of rotatable bonds is 2. The van der Waals surface area contributed by atoms with Crippen molar-refractivity contribution in [3.63, 3.8) is 0 Å². The monoisotopic (exact) mass is 302 g/mol. The number of benzene rings is 3. The first kappa shape index (κ1) is 14.3. The maximum Gasteiger partial charge on any atom is 0.0555 e. The van der Waals surface area contributed by atoms with Gasteiger partial charge in [-0.1, -0.05) is 61.4 Å². The molecule has 2 heteroatoms. The van der Waals surface area contributed by atoms with Gasteiger partial charge in [0.05, 0.1) is 6.21 Å². The third-order valence-electron chi connectivity index (χ3n) is 4.75. The molecule has 0 aromatic heterocycles. The van der Waals surface area contributed by atoms with Crippen LogP contribution in [0.1, 0.15) is 31.2 Å². The molecule has 1 fully saturated rings. The summed E-state index contributed by atoms with van der Waals surface area (Å²) in [4.78, 5) is 0. The van der Waals surface area contributed by atoms with Crippen LogP contribution in [0.15, 0.2) is 59.7 Å². The van der Waals surface area contributed by atoms with Crippen LogP contribution in [0.5, 0.6) is 0 Å². The maximum atomic E-state index is 4.82. The fourth-order valence-corrected chi connectivity index (χ4v) is 3.50. The standard InChI is InChI=1S/C21H22N2/c1-2-8-14-23(13-7-1)22-16-21-19-11-5-3-9-17(19)15-18-10-4-6-12-20(18)21/h3-6,9-12,15-16H,1-2,7-8,13-14H2. The number of hydrogen-bond donors (Lipinski definition) is 0. The van der Waals surface area contributed by atoms with Crippen molar-refractivity contribution >= 4 is 27.8 Å². The summed E-state index contributed by atoms with van der Waals surface area (Å²) in [6, 6.07) is 19.5. The summed E-state index contributed by atoms with van der Waals surface area (Å²) in [5.41, 5.74) is 1.24. The van der Waals surface area contributed by atoms with Crippen LogP contribution in [0.2, 0.25) is 0 Å². The number of hydrazone groups is 1. The lowest BCUT2D eigenvalue weighted by molar-refractivity contribution is 0.302. The molecule has 116 valence electrons. The van der Waals surface area contributed by atoms with Crippen LogP contribution in [0.4, 0.5) is 0 Å². The molecule has 2 nitrogen and oxygen atoms in total. The van der Waals surface area contributed by atoms with Gasteiger partial charge < -0.3 is 0 Å². The van der Waals surface area contributed by atoms with Gasteiger partial charge in [0.25, 0.3) is 0 Å². The molecule has 1 saturated heterocycles. The van der Waals surface area contributed by atoms with Crippen LogP contribution in [0.25, 0.3) is 21.5 Å². The molecule has 0 unspecified atom stereocenters. The molecule has 1 aliphatic rings. The Bertz CT molecular complexity index is 789. The summed E-state index contributed by atoms with van der Waals surface area (Å²) in [5, 5.41) is 12.2. The Balaban J connectivity index is 1.82. The van der Waals surface area contributed by atoms with Crippen molar-refractivity contribution < 1.29 is 0 Å². The molecular weight excluding hydrogens is 280 g/mol. The highest BCUT2D eigenvalue weighted by molar-refractivity contribution is 6.13. The van der Waals surface area contributed by atoms with E-state index in [1.165, 1.54) is 52.8 Å². The minimum absolute atomic E-state index is 1.08. The average molecular weight is 302 g/mol. The molecule has 3 aromatic carbocycles. The van der Waals surface area contributed by atoms with Gasteiger partial charge in [-0.05, 0) is 40.5 Å². The summed E-state index contributed by atoms with van der Waals surface area (Å²) in [6.07, 6.45) is 7.27. The maximum absolute atomic E-state index is 4.82. The second-order valence-electron chi connectivity index (χ2n) is 6.34. The molecule has 0 spiro atoms. The highest BCUT2D eigenvalue weighted by atomic mass is 15.4. The van der Waals surface area contributed by atoms with Crippen LogP contribution in [-0.4, -0.2) is 24.3 Å². The lowest BCUT2D eigenvalue weighted by Gasteiger charge is -2.16. The van der Waals surface area contributed by atoms with Gasteiger partial charge in [-0.3, -0.25) is 5.01 Å². The first-order valence-electron chi connectivity index (χ1n) is 8.61. The topological polar surface area (TPSA) is 15.6 Å². The summed E-state index contributed by atoms with van der Waals surface area (Å²) in [7, 11) is 0. The Morgan fingerprint density at radius 2 is 1.30 bits per heavy atom. The largest absolute Gasteiger partial charge is 0.297 e. The van der Waals surface area contributed by atoms with Crippen LogP contribution in [0, 0.1) is 0 Å². The van der Waals surface area contributed by atoms with Gasteiger partial charge in [0.2, 0.25) is 0 Å². The van der Waals surface area contributed by atoms with Crippen LogP contribution in [-0.2, 0) is 0 Å². The average Bonchev–Trinajstić information content (AvgIpc) is 2.87. The Morgan fingerprint density at radius 1 is 0.739 bits per heavy atom. The number of fused-ring (bicyclic) bond motifs is 2. The van der Waals surface area contributed by atoms with E-state index in [2.05, 4.69) is 65.8 Å². The Hall–Kier alpha value is -2.35. The Morgan fingerprint density at radius 3 is 1.91 bits per heavy atom. The van der Waals surface area contributed by atoms with Crippen molar-refractivity contribution in [1.29, 1.82) is 0 Å². The molecule has 1 heterocycles. The summed E-state index contributed by atoms with van der Waals surface area (Å²) in [5.74, 6) is 0. The van der Waals surface area contributed by atoms with E-state index in [-0.39, 0.29) is 0 Å². The Labute approximate surface area is 137 Å². The lowest BCUT2D eigenvalue weighted by Crippen LogP contribution is -2.18. The zero-order chi connectivity index (χ0) is 15.5. The molecule has 0 saturated carbocycles. The smallest absolute Gasteiger partial charge is 0.0555 e. The minimum Gasteiger partial charge on any atom is -0.297 e. The van der Waals surface area contributed by atoms with E-state index < -0.39 is 0 Å². The van der Waals surface area contributed by atoms with Crippen LogP contribution < -0.4 is 0 Å². The normalized spacial score (nSPS) is 16.3. The van der Waals surface area contributed by atoms with E-state index in [4.69, 9.17) is 5.10 Å². The minimum atomic E-state index is 1.08. The molecular formula is C21H22N2. The van der Waals surface area contributed by atoms with Gasteiger partial charge in [0, 0.05) is 18.7 Å². The second-order valence-corrected chi connectivity index (χ2v) is 6.34. The van der Waals surface area contributed by atoms with Crippen LogP contribution in [0.3, 0.4) is 0 Å². The highest BCUT2D eigenvalue weighted by Crippen LogP contribution is 2.27. The third kappa shape index (κ3) is 2.94. The zero-order valence-corrected chi connectivity index (χ0v) is 13.4. The fraction of sp³-hybridized carbons (Fsp3) is 0.286. The summed E-state index contributed by atoms with van der Waals surface area (Å²) in [6.45, 7) is 2.17. The SMILES string of the molecule is C(=NN1CCCCCC1)c1c2ccccc2cc2ccccc12. The molecule has 0 aliphatic carbocycles. The molecule has 0 radical (unpaired) electrons. The van der Waals surface area contributed by atoms with Gasteiger partial charge in [0.1, 0.15) is 0 Å². The van der Waals surface area contributed by atoms with Gasteiger partial charge in [-0.2, -0.15) is 5.10 Å². The van der Waals surface area contributed by atoms with E-state index in [1.807, 2.05) is 0 Å². The quantitative estimate of drug-likeness (QED) is 0.469. The predicted octanol–water partition coefficient (Wildman–Crippen LogP) is 5.20. The van der Waals surface area contributed by atoms with Crippen molar-refractivity contribution in [3.8, 4) is 0 Å². The van der Waals surface area contributed by atoms with Crippen molar-refractivity contribution in [1.82, 2.24) is 5.01 Å². The van der Waals surface area contributed by atoms with E-state index in [9.17, 15) is 0 Å². The molecule has 23 heavy (non-hydrogen) atoms. The molecule has 0 N–H and O–H groups in total. The third-order valence-corrected chi connectivity index (χ3v) is 4.75. The van der Waals surface area contributed by atoms with Crippen molar-refractivity contribution in [2.75, 3.05) is 13.1 Å². The van der Waals surface area contributed by atoms with Crippen molar-refractivity contribution in [2.45, 2.75) is 25.7 Å². The second kappa shape index (κ2) is 6.41. The van der Waals surface area contributed by atoms with Gasteiger partial charge in [0.15, 0.2) is 0 Å². The summed E-state index contributed by atoms with van der Waals surface area (Å²) >= 11 is 0. The Kier molecular flexibility index (Phi) is 3.97. The first-order chi connectivity index (χ1) is 11.4. The van der Waals surface area contributed by atoms with E-state index >= 15 is 0 Å². The van der Waals surface area contributed by atoms with Gasteiger partial charge >= 0.3 is 0 Å². The molecule has 0 bridgehead atoms. The first-order valence-corrected chi connectivity index (χ1v) is 8.61. The van der Waals surface area contributed by atoms with Gasteiger partial charge in [-0.15, -0.1) is 0 Å². The fourth-order valence-electron chi connectivity index (χ4n) is 3.50. The molecule has 3 aromatic rings. The summed E-state index contributed by atoms with van der Waals surface area (Å²) < 4.78 is 0.